The van der Waals surface area contributed by atoms with Crippen LogP contribution in [0.3, 0.4) is 0 Å². The van der Waals surface area contributed by atoms with E-state index in [1.54, 1.807) is 4.90 Å². The Hall–Kier alpha value is -0.770. The topological polar surface area (TPSA) is 52.6 Å². The van der Waals surface area contributed by atoms with Gasteiger partial charge < -0.3 is 15.3 Å². The molecule has 1 aliphatic heterocycles. The number of carboxylic acid groups (broad SMARTS) is 1. The molecule has 15 heavy (non-hydrogen) atoms. The third kappa shape index (κ3) is 2.84. The summed E-state index contributed by atoms with van der Waals surface area (Å²) in [5.41, 5.74) is -0.326. The average Bonchev–Trinajstić information content (AvgIpc) is 2.51. The van der Waals surface area contributed by atoms with Crippen molar-refractivity contribution < 1.29 is 9.90 Å². The highest BCUT2D eigenvalue weighted by Gasteiger charge is 2.35. The normalized spacial score (nSPS) is 23.9. The molecule has 1 fully saturated rings. The van der Waals surface area contributed by atoms with E-state index in [4.69, 9.17) is 0 Å². The van der Waals surface area contributed by atoms with Crippen LogP contribution in [0.2, 0.25) is 0 Å². The molecule has 2 N–H and O–H groups in total. The Morgan fingerprint density at radius 3 is 2.47 bits per heavy atom. The summed E-state index contributed by atoms with van der Waals surface area (Å²) in [7, 11) is 0. The van der Waals surface area contributed by atoms with Gasteiger partial charge in [0.05, 0.1) is 0 Å². The standard InChI is InChI=1S/C11H22N2O2/c1-8(9-5-6-12-7-9)13(10(14)15)11(2,3)4/h8-9,12H,5-7H2,1-4H3,(H,14,15). The minimum Gasteiger partial charge on any atom is -0.465 e. The summed E-state index contributed by atoms with van der Waals surface area (Å²) in [6, 6.07) is 0.0810. The molecule has 0 bridgehead atoms. The number of hydrogen-bond donors (Lipinski definition) is 2. The van der Waals surface area contributed by atoms with Crippen LogP contribution in [-0.4, -0.2) is 40.8 Å². The van der Waals surface area contributed by atoms with Gasteiger partial charge in [0.15, 0.2) is 0 Å². The molecule has 0 aromatic heterocycles. The predicted molar refractivity (Wildman–Crippen MR) is 60.1 cm³/mol. The lowest BCUT2D eigenvalue weighted by molar-refractivity contribution is 0.0583. The maximum Gasteiger partial charge on any atom is 0.407 e. The van der Waals surface area contributed by atoms with E-state index in [0.29, 0.717) is 5.92 Å². The molecule has 88 valence electrons. The van der Waals surface area contributed by atoms with Gasteiger partial charge in [0, 0.05) is 11.6 Å². The first-order valence-corrected chi connectivity index (χ1v) is 5.57. The molecule has 1 heterocycles. The van der Waals surface area contributed by atoms with Crippen LogP contribution in [0.25, 0.3) is 0 Å². The zero-order valence-corrected chi connectivity index (χ0v) is 10.1. The number of carbonyl (C=O) groups is 1. The molecule has 0 aliphatic carbocycles. The van der Waals surface area contributed by atoms with Gasteiger partial charge in [-0.3, -0.25) is 0 Å². The quantitative estimate of drug-likeness (QED) is 0.736. The van der Waals surface area contributed by atoms with E-state index in [0.717, 1.165) is 19.5 Å². The molecular weight excluding hydrogens is 192 g/mol. The monoisotopic (exact) mass is 214 g/mol. The van der Waals surface area contributed by atoms with Crippen LogP contribution in [0.1, 0.15) is 34.1 Å². The zero-order chi connectivity index (χ0) is 11.6. The lowest BCUT2D eigenvalue weighted by Gasteiger charge is -2.40. The van der Waals surface area contributed by atoms with Crippen LogP contribution in [0.4, 0.5) is 4.79 Å². The van der Waals surface area contributed by atoms with E-state index < -0.39 is 6.09 Å². The molecule has 0 aromatic carbocycles. The first-order chi connectivity index (χ1) is 6.84. The summed E-state index contributed by atoms with van der Waals surface area (Å²) < 4.78 is 0. The fourth-order valence-electron chi connectivity index (χ4n) is 2.37. The molecule has 0 saturated carbocycles. The molecule has 0 spiro atoms. The Bertz CT molecular complexity index is 229. The summed E-state index contributed by atoms with van der Waals surface area (Å²) in [5.74, 6) is 0.445. The Kier molecular flexibility index (Phi) is 3.60. The van der Waals surface area contributed by atoms with Crippen molar-refractivity contribution in [2.75, 3.05) is 13.1 Å². The summed E-state index contributed by atoms with van der Waals surface area (Å²) in [5, 5.41) is 12.5. The third-order valence-corrected chi connectivity index (χ3v) is 3.12. The van der Waals surface area contributed by atoms with Crippen molar-refractivity contribution in [3.05, 3.63) is 0 Å². The van der Waals surface area contributed by atoms with Crippen LogP contribution in [0, 0.1) is 5.92 Å². The van der Waals surface area contributed by atoms with Crippen molar-refractivity contribution >= 4 is 6.09 Å². The highest BCUT2D eigenvalue weighted by atomic mass is 16.4. The molecule has 0 radical (unpaired) electrons. The van der Waals surface area contributed by atoms with Crippen molar-refractivity contribution in [2.45, 2.75) is 45.7 Å². The Morgan fingerprint density at radius 1 is 1.53 bits per heavy atom. The molecule has 4 nitrogen and oxygen atoms in total. The molecule has 1 rings (SSSR count). The highest BCUT2D eigenvalue weighted by Crippen LogP contribution is 2.25. The van der Waals surface area contributed by atoms with E-state index in [1.807, 2.05) is 27.7 Å². The number of nitrogens with zero attached hydrogens (tertiary/aromatic N) is 1. The second-order valence-corrected chi connectivity index (χ2v) is 5.32. The van der Waals surface area contributed by atoms with Crippen LogP contribution in [0.15, 0.2) is 0 Å². The van der Waals surface area contributed by atoms with Crippen LogP contribution >= 0.6 is 0 Å². The van der Waals surface area contributed by atoms with Gasteiger partial charge in [-0.2, -0.15) is 0 Å². The minimum absolute atomic E-state index is 0.0810. The Labute approximate surface area is 91.6 Å². The number of hydrogen-bond acceptors (Lipinski definition) is 2. The first-order valence-electron chi connectivity index (χ1n) is 5.57. The van der Waals surface area contributed by atoms with Gasteiger partial charge in [0.2, 0.25) is 0 Å². The fraction of sp³-hybridized carbons (Fsp3) is 0.909. The summed E-state index contributed by atoms with van der Waals surface area (Å²) in [6.07, 6.45) is 0.253. The van der Waals surface area contributed by atoms with Crippen LogP contribution in [0.5, 0.6) is 0 Å². The van der Waals surface area contributed by atoms with E-state index in [1.165, 1.54) is 0 Å². The van der Waals surface area contributed by atoms with E-state index >= 15 is 0 Å². The number of rotatable bonds is 2. The lowest BCUT2D eigenvalue weighted by atomic mass is 9.94. The largest absolute Gasteiger partial charge is 0.465 e. The van der Waals surface area contributed by atoms with Gasteiger partial charge in [0.1, 0.15) is 0 Å². The minimum atomic E-state index is -0.818. The Morgan fingerprint density at radius 2 is 2.13 bits per heavy atom. The van der Waals surface area contributed by atoms with Crippen molar-refractivity contribution in [1.82, 2.24) is 10.2 Å². The van der Waals surface area contributed by atoms with Gasteiger partial charge in [-0.1, -0.05) is 0 Å². The van der Waals surface area contributed by atoms with E-state index in [-0.39, 0.29) is 11.6 Å². The second-order valence-electron chi connectivity index (χ2n) is 5.32. The smallest absolute Gasteiger partial charge is 0.407 e. The van der Waals surface area contributed by atoms with Crippen LogP contribution in [-0.2, 0) is 0 Å². The van der Waals surface area contributed by atoms with Gasteiger partial charge in [-0.25, -0.2) is 4.79 Å². The van der Waals surface area contributed by atoms with Crippen molar-refractivity contribution in [2.24, 2.45) is 5.92 Å². The molecule has 1 aliphatic rings. The predicted octanol–water partition coefficient (Wildman–Crippen LogP) is 1.76. The molecule has 2 unspecified atom stereocenters. The third-order valence-electron chi connectivity index (χ3n) is 3.12. The van der Waals surface area contributed by atoms with Crippen molar-refractivity contribution in [1.29, 1.82) is 0 Å². The van der Waals surface area contributed by atoms with Crippen LogP contribution < -0.4 is 5.32 Å². The molecule has 2 atom stereocenters. The zero-order valence-electron chi connectivity index (χ0n) is 10.1. The van der Waals surface area contributed by atoms with E-state index in [9.17, 15) is 9.90 Å². The summed E-state index contributed by atoms with van der Waals surface area (Å²) in [4.78, 5) is 12.8. The van der Waals surface area contributed by atoms with E-state index in [2.05, 4.69) is 5.32 Å². The molecule has 4 heteroatoms. The maximum absolute atomic E-state index is 11.2. The lowest BCUT2D eigenvalue weighted by Crippen LogP contribution is -2.52. The SMILES string of the molecule is CC(C1CCNC1)N(C(=O)O)C(C)(C)C. The maximum atomic E-state index is 11.2. The molecule has 1 saturated heterocycles. The van der Waals surface area contributed by atoms with Gasteiger partial charge >= 0.3 is 6.09 Å². The van der Waals surface area contributed by atoms with Gasteiger partial charge in [-0.15, -0.1) is 0 Å². The molecular formula is C11H22N2O2. The highest BCUT2D eigenvalue weighted by molar-refractivity contribution is 5.66. The molecule has 0 aromatic rings. The van der Waals surface area contributed by atoms with Crippen molar-refractivity contribution in [3.8, 4) is 0 Å². The summed E-state index contributed by atoms with van der Waals surface area (Å²) >= 11 is 0. The van der Waals surface area contributed by atoms with Gasteiger partial charge in [0.25, 0.3) is 0 Å². The number of amides is 1. The van der Waals surface area contributed by atoms with Gasteiger partial charge in [-0.05, 0) is 53.1 Å². The molecule has 1 amide bonds. The second kappa shape index (κ2) is 4.39. The van der Waals surface area contributed by atoms with Crippen molar-refractivity contribution in [3.63, 3.8) is 0 Å². The average molecular weight is 214 g/mol. The number of nitrogens with one attached hydrogen (secondary N) is 1. The first kappa shape index (κ1) is 12.3. The Balaban J connectivity index is 2.75. The summed E-state index contributed by atoms with van der Waals surface area (Å²) in [6.45, 7) is 9.78. The fourth-order valence-corrected chi connectivity index (χ4v) is 2.37.